The molecule has 2 atom stereocenters. The van der Waals surface area contributed by atoms with Gasteiger partial charge in [0.25, 0.3) is 5.91 Å². The van der Waals surface area contributed by atoms with E-state index in [0.717, 1.165) is 37.9 Å². The molecule has 3 fully saturated rings. The molecule has 2 amide bonds. The summed E-state index contributed by atoms with van der Waals surface area (Å²) in [5.74, 6) is -0.668. The van der Waals surface area contributed by atoms with Crippen LogP contribution in [0.3, 0.4) is 0 Å². The first kappa shape index (κ1) is 27.7. The molecule has 3 aliphatic heterocycles. The number of hydrogen-bond donors (Lipinski definition) is 2. The van der Waals surface area contributed by atoms with Crippen LogP contribution in [0.2, 0.25) is 0 Å². The number of carboxylic acids is 1. The van der Waals surface area contributed by atoms with E-state index in [4.69, 9.17) is 19.1 Å². The number of piperidine rings is 1. The van der Waals surface area contributed by atoms with Gasteiger partial charge in [0, 0.05) is 49.6 Å². The van der Waals surface area contributed by atoms with Gasteiger partial charge in [-0.2, -0.15) is 13.2 Å². The normalized spacial score (nSPS) is 22.8. The van der Waals surface area contributed by atoms with Gasteiger partial charge in [0.05, 0.1) is 13.0 Å². The van der Waals surface area contributed by atoms with Crippen molar-refractivity contribution >= 4 is 28.8 Å². The third-order valence-electron chi connectivity index (χ3n) is 7.56. The van der Waals surface area contributed by atoms with Crippen LogP contribution in [0.25, 0.3) is 11.0 Å². The highest BCUT2D eigenvalue weighted by molar-refractivity contribution is 5.97. The highest BCUT2D eigenvalue weighted by Crippen LogP contribution is 2.44. The van der Waals surface area contributed by atoms with Crippen molar-refractivity contribution in [3.8, 4) is 5.75 Å². The highest BCUT2D eigenvalue weighted by Gasteiger charge is 2.57. The van der Waals surface area contributed by atoms with Crippen LogP contribution in [-0.4, -0.2) is 84.2 Å². The van der Waals surface area contributed by atoms with Crippen molar-refractivity contribution in [1.82, 2.24) is 15.1 Å². The maximum atomic E-state index is 13.1. The Morgan fingerprint density at radius 1 is 1.24 bits per heavy atom. The molecular weight excluding hydrogens is 507 g/mol. The molecule has 0 aliphatic carbocycles. The minimum Gasteiger partial charge on any atom is -0.493 e. The van der Waals surface area contributed by atoms with Crippen LogP contribution in [-0.2, 0) is 9.59 Å². The summed E-state index contributed by atoms with van der Waals surface area (Å²) in [6, 6.07) is 7.42. The van der Waals surface area contributed by atoms with E-state index >= 15 is 0 Å². The standard InChI is InChI=1S/C24H31N3O4.C2HF3O2/c1-15(2)12-26-13-17-18(14-26)24(25-22(17)28)7-9-27(10-8-24)23(29)20-11-16-5-4-6-19(30-3)21(16)31-20;3-2(4,5)1(6)7/h4-6,11,15,17-18H,7-10,12-14H2,1-3H3,(H,25,28);(H,6,7)/t17-,18+;/m1./s1. The second-order valence-corrected chi connectivity index (χ2v) is 10.6. The van der Waals surface area contributed by atoms with E-state index < -0.39 is 12.1 Å². The molecule has 0 saturated carbocycles. The largest absolute Gasteiger partial charge is 0.493 e. The molecule has 2 aromatic rings. The molecule has 0 radical (unpaired) electrons. The number of ether oxygens (including phenoxy) is 1. The number of aliphatic carboxylic acids is 1. The van der Waals surface area contributed by atoms with Crippen molar-refractivity contribution < 1.29 is 41.8 Å². The number of nitrogens with zero attached hydrogens (tertiary/aromatic N) is 2. The summed E-state index contributed by atoms with van der Waals surface area (Å²) in [5, 5.41) is 11.3. The predicted molar refractivity (Wildman–Crippen MR) is 131 cm³/mol. The van der Waals surface area contributed by atoms with Gasteiger partial charge in [-0.15, -0.1) is 0 Å². The Bertz CT molecular complexity index is 1200. The van der Waals surface area contributed by atoms with Gasteiger partial charge < -0.3 is 29.4 Å². The maximum Gasteiger partial charge on any atom is 0.490 e. The summed E-state index contributed by atoms with van der Waals surface area (Å²) in [4.78, 5) is 39.0. The van der Waals surface area contributed by atoms with Gasteiger partial charge in [0.1, 0.15) is 0 Å². The lowest BCUT2D eigenvalue weighted by Crippen LogP contribution is -2.56. The van der Waals surface area contributed by atoms with Crippen molar-refractivity contribution in [2.75, 3.05) is 39.8 Å². The molecule has 208 valence electrons. The number of methoxy groups -OCH3 is 1. The van der Waals surface area contributed by atoms with E-state index in [1.165, 1.54) is 0 Å². The number of halogens is 3. The number of amides is 2. The third-order valence-corrected chi connectivity index (χ3v) is 7.56. The molecule has 9 nitrogen and oxygen atoms in total. The Balaban J connectivity index is 0.000000426. The van der Waals surface area contributed by atoms with Gasteiger partial charge >= 0.3 is 12.1 Å². The fraction of sp³-hybridized carbons (Fsp3) is 0.577. The zero-order valence-electron chi connectivity index (χ0n) is 21.5. The lowest BCUT2D eigenvalue weighted by atomic mass is 9.75. The molecule has 12 heteroatoms. The first-order chi connectivity index (χ1) is 17.8. The Morgan fingerprint density at radius 2 is 1.89 bits per heavy atom. The molecule has 0 bridgehead atoms. The predicted octanol–water partition coefficient (Wildman–Crippen LogP) is 3.38. The Kier molecular flexibility index (Phi) is 7.64. The second-order valence-electron chi connectivity index (χ2n) is 10.6. The number of benzene rings is 1. The Labute approximate surface area is 217 Å². The SMILES string of the molecule is COc1cccc2cc(C(=O)N3CCC4(CC3)NC(=O)[C@@H]3CN(CC(C)C)C[C@@H]34)oc12.O=C(O)C(F)(F)F. The molecular formula is C26H32F3N3O6. The van der Waals surface area contributed by atoms with E-state index in [-0.39, 0.29) is 23.3 Å². The Morgan fingerprint density at radius 3 is 2.47 bits per heavy atom. The fourth-order valence-electron chi connectivity index (χ4n) is 5.87. The van der Waals surface area contributed by atoms with Crippen LogP contribution in [0.4, 0.5) is 13.2 Å². The smallest absolute Gasteiger partial charge is 0.490 e. The van der Waals surface area contributed by atoms with Crippen molar-refractivity contribution in [3.63, 3.8) is 0 Å². The van der Waals surface area contributed by atoms with Crippen LogP contribution >= 0.6 is 0 Å². The van der Waals surface area contributed by atoms with E-state index in [9.17, 15) is 22.8 Å². The average molecular weight is 540 g/mol. The van der Waals surface area contributed by atoms with Gasteiger partial charge in [-0.05, 0) is 30.9 Å². The molecule has 5 rings (SSSR count). The number of fused-ring (bicyclic) bond motifs is 3. The summed E-state index contributed by atoms with van der Waals surface area (Å²) in [6.45, 7) is 8.57. The van der Waals surface area contributed by atoms with Gasteiger partial charge in [-0.1, -0.05) is 26.0 Å². The van der Waals surface area contributed by atoms with Crippen LogP contribution in [0.5, 0.6) is 5.75 Å². The van der Waals surface area contributed by atoms with Gasteiger partial charge in [0.2, 0.25) is 5.91 Å². The number of furan rings is 1. The molecule has 0 unspecified atom stereocenters. The van der Waals surface area contributed by atoms with Crippen LogP contribution in [0.15, 0.2) is 28.7 Å². The lowest BCUT2D eigenvalue weighted by Gasteiger charge is -2.42. The van der Waals surface area contributed by atoms with Crippen molar-refractivity contribution in [2.24, 2.45) is 17.8 Å². The van der Waals surface area contributed by atoms with Crippen LogP contribution in [0.1, 0.15) is 37.2 Å². The fourth-order valence-corrected chi connectivity index (χ4v) is 5.87. The number of likely N-dealkylation sites (tertiary alicyclic amines) is 2. The molecule has 1 spiro atoms. The molecule has 1 aromatic carbocycles. The molecule has 1 aromatic heterocycles. The van der Waals surface area contributed by atoms with E-state index in [1.807, 2.05) is 23.1 Å². The zero-order valence-corrected chi connectivity index (χ0v) is 21.5. The van der Waals surface area contributed by atoms with E-state index in [2.05, 4.69) is 24.1 Å². The minimum atomic E-state index is -5.08. The topological polar surface area (TPSA) is 112 Å². The minimum absolute atomic E-state index is 0.0869. The van der Waals surface area contributed by atoms with Gasteiger partial charge in [-0.25, -0.2) is 4.79 Å². The Hall–Kier alpha value is -3.28. The summed E-state index contributed by atoms with van der Waals surface area (Å²) in [7, 11) is 1.59. The molecule has 38 heavy (non-hydrogen) atoms. The molecule has 4 heterocycles. The van der Waals surface area contributed by atoms with Crippen molar-refractivity contribution in [3.05, 3.63) is 30.0 Å². The van der Waals surface area contributed by atoms with Crippen molar-refractivity contribution in [1.29, 1.82) is 0 Å². The number of carboxylic acid groups (broad SMARTS) is 1. The van der Waals surface area contributed by atoms with Gasteiger partial charge in [-0.3, -0.25) is 9.59 Å². The summed E-state index contributed by atoms with van der Waals surface area (Å²) in [6.07, 6.45) is -3.49. The molecule has 3 aliphatic rings. The van der Waals surface area contributed by atoms with Crippen LogP contribution < -0.4 is 10.1 Å². The zero-order chi connectivity index (χ0) is 27.8. The number of hydrogen-bond acceptors (Lipinski definition) is 6. The van der Waals surface area contributed by atoms with E-state index in [0.29, 0.717) is 42.0 Å². The number of carbonyl (C=O) groups excluding carboxylic acids is 2. The first-order valence-corrected chi connectivity index (χ1v) is 12.5. The number of alkyl halides is 3. The molecule has 2 N–H and O–H groups in total. The summed E-state index contributed by atoms with van der Waals surface area (Å²) in [5.41, 5.74) is 0.422. The van der Waals surface area contributed by atoms with Crippen LogP contribution in [0, 0.1) is 17.8 Å². The molecule has 3 saturated heterocycles. The summed E-state index contributed by atoms with van der Waals surface area (Å²) >= 11 is 0. The second kappa shape index (κ2) is 10.5. The number of nitrogens with one attached hydrogen (secondary N) is 1. The lowest BCUT2D eigenvalue weighted by molar-refractivity contribution is -0.192. The number of carbonyl (C=O) groups is 3. The van der Waals surface area contributed by atoms with Gasteiger partial charge in [0.15, 0.2) is 17.1 Å². The maximum absolute atomic E-state index is 13.1. The third kappa shape index (κ3) is 5.45. The quantitative estimate of drug-likeness (QED) is 0.613. The number of para-hydroxylation sites is 1. The highest BCUT2D eigenvalue weighted by atomic mass is 19.4. The van der Waals surface area contributed by atoms with Crippen molar-refractivity contribution in [2.45, 2.75) is 38.4 Å². The average Bonchev–Trinajstić information content (AvgIpc) is 3.53. The number of rotatable bonds is 4. The monoisotopic (exact) mass is 539 g/mol. The van der Waals surface area contributed by atoms with E-state index in [1.54, 1.807) is 13.2 Å². The first-order valence-electron chi connectivity index (χ1n) is 12.5. The summed E-state index contributed by atoms with van der Waals surface area (Å²) < 4.78 is 43.0.